The Morgan fingerprint density at radius 2 is 1.45 bits per heavy atom. The van der Waals surface area contributed by atoms with Crippen LogP contribution in [0.1, 0.15) is 94.0 Å². The van der Waals surface area contributed by atoms with Gasteiger partial charge in [-0.05, 0) is 168 Å². The van der Waals surface area contributed by atoms with Crippen LogP contribution in [0.3, 0.4) is 0 Å². The maximum atomic E-state index is 2.71. The number of allylic oxidation sites excluding steroid dienone is 19. The zero-order valence-corrected chi connectivity index (χ0v) is 31.0. The Balaban J connectivity index is 1.05. The number of aryl methyl sites for hydroxylation is 1. The van der Waals surface area contributed by atoms with Gasteiger partial charge in [-0.25, -0.2) is 0 Å². The van der Waals surface area contributed by atoms with Gasteiger partial charge in [0.1, 0.15) is 0 Å². The predicted octanol–water partition coefficient (Wildman–Crippen LogP) is 12.8. The van der Waals surface area contributed by atoms with E-state index >= 15 is 0 Å². The van der Waals surface area contributed by atoms with Crippen LogP contribution >= 0.6 is 0 Å². The average molecular weight is 687 g/mol. The summed E-state index contributed by atoms with van der Waals surface area (Å²) >= 11 is 0. The maximum absolute atomic E-state index is 2.71. The first-order valence-electron chi connectivity index (χ1n) is 20.4. The average Bonchev–Trinajstić information content (AvgIpc) is 3.81. The van der Waals surface area contributed by atoms with Crippen LogP contribution in [0, 0.1) is 11.8 Å². The molecule has 2 aromatic carbocycles. The Kier molecular flexibility index (Phi) is 6.30. The first-order valence-corrected chi connectivity index (χ1v) is 20.4. The largest absolute Gasteiger partial charge is 0.313 e. The van der Waals surface area contributed by atoms with Gasteiger partial charge in [0.15, 0.2) is 0 Å². The van der Waals surface area contributed by atoms with Crippen molar-refractivity contribution in [1.82, 2.24) is 4.57 Å². The minimum absolute atomic E-state index is 0.0167. The van der Waals surface area contributed by atoms with Gasteiger partial charge in [0.05, 0.1) is 5.52 Å². The van der Waals surface area contributed by atoms with Gasteiger partial charge < -0.3 is 9.47 Å². The Bertz CT molecular complexity index is 2580. The Morgan fingerprint density at radius 3 is 2.40 bits per heavy atom. The van der Waals surface area contributed by atoms with Gasteiger partial charge in [0.2, 0.25) is 0 Å². The van der Waals surface area contributed by atoms with E-state index in [1.165, 1.54) is 72.8 Å². The molecule has 0 amide bonds. The summed E-state index contributed by atoms with van der Waals surface area (Å²) in [7, 11) is 0. The summed E-state index contributed by atoms with van der Waals surface area (Å²) in [6.07, 6.45) is 40.7. The third-order valence-electron chi connectivity index (χ3n) is 14.1. The van der Waals surface area contributed by atoms with Crippen LogP contribution in [0.2, 0.25) is 0 Å². The first-order chi connectivity index (χ1) is 26.1. The van der Waals surface area contributed by atoms with Crippen LogP contribution < -0.4 is 4.90 Å². The second-order valence-electron chi connectivity index (χ2n) is 17.1. The third-order valence-corrected chi connectivity index (χ3v) is 14.1. The lowest BCUT2D eigenvalue weighted by atomic mass is 9.63. The number of hydrogen-bond donors (Lipinski definition) is 0. The fourth-order valence-electron chi connectivity index (χ4n) is 11.8. The summed E-state index contributed by atoms with van der Waals surface area (Å²) in [5.41, 5.74) is 25.1. The van der Waals surface area contributed by atoms with Crippen LogP contribution in [0.15, 0.2) is 154 Å². The molecule has 2 unspecified atom stereocenters. The lowest BCUT2D eigenvalue weighted by molar-refractivity contribution is 0.530. The minimum atomic E-state index is 0.0167. The zero-order valence-electron chi connectivity index (χ0n) is 31.0. The first kappa shape index (κ1) is 30.4. The number of fused-ring (bicyclic) bond motifs is 12. The van der Waals surface area contributed by atoms with Crippen molar-refractivity contribution >= 4 is 28.2 Å². The second kappa shape index (κ2) is 11.0. The molecule has 0 fully saturated rings. The molecule has 9 aliphatic rings. The molecule has 2 heterocycles. The van der Waals surface area contributed by atoms with Gasteiger partial charge in [0, 0.05) is 51.1 Å². The van der Waals surface area contributed by atoms with Crippen molar-refractivity contribution < 1.29 is 0 Å². The van der Waals surface area contributed by atoms with Gasteiger partial charge in [-0.1, -0.05) is 80.7 Å². The molecule has 1 aliphatic heterocycles. The van der Waals surface area contributed by atoms with Gasteiger partial charge in [-0.2, -0.15) is 0 Å². The number of anilines is 1. The highest BCUT2D eigenvalue weighted by Crippen LogP contribution is 2.60. The molecule has 0 spiro atoms. The summed E-state index contributed by atoms with van der Waals surface area (Å²) in [6.45, 7) is 4.85. The van der Waals surface area contributed by atoms with E-state index in [9.17, 15) is 0 Å². The standard InChI is InChI=1S/C51H46N2/c1-51(2)43-20-10-7-16-36(43)37-27-24-33(30-44(37)51)52-45-21-11-8-17-38(45)42-29-32(25-28-47(42)52)53-46-22-12-9-19-41(46)49-48-34-14-4-3-13-31(34)23-26-39(48)35-15-5-6-18-40(35)50(49)53/h6,10-14,18,20-30,48-49H,3-5,7-9,15-17,19H2,1-2H3. The number of aromatic nitrogens is 1. The molecule has 2 heteroatoms. The molecule has 3 aromatic rings. The van der Waals surface area contributed by atoms with Crippen molar-refractivity contribution in [3.05, 3.63) is 176 Å². The number of benzene rings is 2. The molecule has 53 heavy (non-hydrogen) atoms. The van der Waals surface area contributed by atoms with Crippen molar-refractivity contribution in [2.45, 2.75) is 83.5 Å². The van der Waals surface area contributed by atoms with E-state index in [0.29, 0.717) is 11.8 Å². The summed E-state index contributed by atoms with van der Waals surface area (Å²) < 4.78 is 2.57. The maximum Gasteiger partial charge on any atom is 0.0539 e. The van der Waals surface area contributed by atoms with Gasteiger partial charge >= 0.3 is 0 Å². The molecule has 0 saturated carbocycles. The molecule has 2 atom stereocenters. The van der Waals surface area contributed by atoms with E-state index < -0.39 is 0 Å². The van der Waals surface area contributed by atoms with Crippen LogP contribution in [0.4, 0.5) is 5.69 Å². The van der Waals surface area contributed by atoms with E-state index in [1.54, 1.807) is 27.9 Å². The molecule has 2 nitrogen and oxygen atoms in total. The smallest absolute Gasteiger partial charge is 0.0539 e. The van der Waals surface area contributed by atoms with Crippen molar-refractivity contribution in [1.29, 1.82) is 0 Å². The van der Waals surface area contributed by atoms with Gasteiger partial charge in [0.25, 0.3) is 0 Å². The van der Waals surface area contributed by atoms with Crippen molar-refractivity contribution in [2.24, 2.45) is 11.8 Å². The van der Waals surface area contributed by atoms with E-state index in [-0.39, 0.29) is 5.41 Å². The Morgan fingerprint density at radius 1 is 0.660 bits per heavy atom. The highest BCUT2D eigenvalue weighted by molar-refractivity contribution is 5.95. The lowest BCUT2D eigenvalue weighted by Crippen LogP contribution is -2.33. The molecular weight excluding hydrogens is 641 g/mol. The molecule has 0 saturated heterocycles. The van der Waals surface area contributed by atoms with E-state index in [4.69, 9.17) is 0 Å². The minimum Gasteiger partial charge on any atom is -0.313 e. The molecule has 1 aromatic heterocycles. The monoisotopic (exact) mass is 686 g/mol. The molecular formula is C51H46N2. The normalized spacial score (nSPS) is 25.6. The number of nitrogens with zero attached hydrogens (tertiary/aromatic N) is 2. The predicted molar refractivity (Wildman–Crippen MR) is 221 cm³/mol. The molecule has 12 rings (SSSR count). The van der Waals surface area contributed by atoms with E-state index in [0.717, 1.165) is 64.2 Å². The summed E-state index contributed by atoms with van der Waals surface area (Å²) in [5, 5.41) is 1.41. The SMILES string of the molecule is CC1(C)C2=C(CCC=C2)c2ccc(-n3c4c(c5cc(N6C7=C(CCC=C7)C7C6=C6C=CCCC6=C6C=CC8=CCCC=C8C67)ccc53)CCC=C4)cc21. The summed E-state index contributed by atoms with van der Waals surface area (Å²) in [4.78, 5) is 2.71. The quantitative estimate of drug-likeness (QED) is 0.260. The van der Waals surface area contributed by atoms with Crippen molar-refractivity contribution in [3.8, 4) is 5.69 Å². The van der Waals surface area contributed by atoms with Crippen molar-refractivity contribution in [3.63, 3.8) is 0 Å². The van der Waals surface area contributed by atoms with Crippen molar-refractivity contribution in [2.75, 3.05) is 4.90 Å². The van der Waals surface area contributed by atoms with Crippen LogP contribution in [0.5, 0.6) is 0 Å². The van der Waals surface area contributed by atoms with Crippen LogP contribution in [-0.4, -0.2) is 4.57 Å². The third kappa shape index (κ3) is 4.05. The topological polar surface area (TPSA) is 8.17 Å². The molecule has 0 bridgehead atoms. The second-order valence-corrected chi connectivity index (χ2v) is 17.1. The number of rotatable bonds is 2. The Labute approximate surface area is 313 Å². The fourth-order valence-corrected chi connectivity index (χ4v) is 11.8. The lowest BCUT2D eigenvalue weighted by Gasteiger charge is -2.42. The molecule has 0 radical (unpaired) electrons. The zero-order chi connectivity index (χ0) is 35.0. The molecule has 8 aliphatic carbocycles. The fraction of sp³-hybridized carbons (Fsp3) is 0.294. The molecule has 0 N–H and O–H groups in total. The highest BCUT2D eigenvalue weighted by atomic mass is 15.2. The summed E-state index contributed by atoms with van der Waals surface area (Å²) in [5.74, 6) is 0.793. The van der Waals surface area contributed by atoms with Crippen LogP contribution in [-0.2, 0) is 11.8 Å². The van der Waals surface area contributed by atoms with E-state index in [1.807, 2.05) is 0 Å². The van der Waals surface area contributed by atoms with E-state index in [2.05, 4.69) is 133 Å². The summed E-state index contributed by atoms with van der Waals surface area (Å²) in [6, 6.07) is 14.8. The van der Waals surface area contributed by atoms with Gasteiger partial charge in [-0.15, -0.1) is 0 Å². The number of hydrogen-bond acceptors (Lipinski definition) is 1. The molecule has 260 valence electrons. The highest BCUT2D eigenvalue weighted by Gasteiger charge is 2.49. The van der Waals surface area contributed by atoms with Gasteiger partial charge in [-0.3, -0.25) is 0 Å². The van der Waals surface area contributed by atoms with Crippen LogP contribution in [0.25, 0.3) is 28.2 Å². The Hall–Kier alpha value is -5.08.